The molecule has 13 heavy (non-hydrogen) atoms. The highest BCUT2D eigenvalue weighted by molar-refractivity contribution is 5.04. The third-order valence-corrected chi connectivity index (χ3v) is 3.45. The van der Waals surface area contributed by atoms with Gasteiger partial charge in [0.1, 0.15) is 6.10 Å². The molecule has 2 rings (SSSR count). The largest absolute Gasteiger partial charge is 0.351 e. The van der Waals surface area contributed by atoms with Gasteiger partial charge in [-0.05, 0) is 25.2 Å². The van der Waals surface area contributed by atoms with Crippen LogP contribution in [0.3, 0.4) is 0 Å². The summed E-state index contributed by atoms with van der Waals surface area (Å²) in [5.41, 5.74) is 0. The number of hydrogen-bond donors (Lipinski definition) is 1. The monoisotopic (exact) mass is 192 g/mol. The Bertz CT molecular complexity index is 285. The van der Waals surface area contributed by atoms with E-state index in [4.69, 9.17) is 19.9 Å². The highest BCUT2D eigenvalue weighted by Crippen LogP contribution is 2.53. The minimum absolute atomic E-state index is 0.0296. The van der Waals surface area contributed by atoms with Gasteiger partial charge in [0.25, 0.3) is 1.43 Å². The molecule has 0 spiro atoms. The van der Waals surface area contributed by atoms with Crippen LogP contribution < -0.4 is 0 Å². The van der Waals surface area contributed by atoms with Crippen molar-refractivity contribution in [3.8, 4) is 0 Å². The molecule has 2 aliphatic carbocycles. The van der Waals surface area contributed by atoms with Crippen LogP contribution >= 0.6 is 0 Å². The quantitative estimate of drug-likeness (QED) is 0.414. The molecule has 0 aromatic heterocycles. The summed E-state index contributed by atoms with van der Waals surface area (Å²) in [6.07, 6.45) is 1.86. The van der Waals surface area contributed by atoms with Gasteiger partial charge in [0.15, 0.2) is 0 Å². The minimum atomic E-state index is -2.57. The molecule has 4 heteroatoms. The maximum Gasteiger partial charge on any atom is 0.255 e. The molecular weight excluding hydrogens is 172 g/mol. The van der Waals surface area contributed by atoms with E-state index >= 15 is 0 Å². The summed E-state index contributed by atoms with van der Waals surface area (Å²) in [7, 11) is -1.17. The van der Waals surface area contributed by atoms with Gasteiger partial charge in [-0.2, -0.15) is 0 Å². The van der Waals surface area contributed by atoms with Crippen molar-refractivity contribution in [2.45, 2.75) is 31.2 Å². The normalized spacial score (nSPS) is 54.1. The van der Waals surface area contributed by atoms with Crippen LogP contribution in [0.5, 0.6) is 0 Å². The predicted octanol–water partition coefficient (Wildman–Crippen LogP) is 1.26. The van der Waals surface area contributed by atoms with E-state index in [2.05, 4.69) is 5.26 Å². The van der Waals surface area contributed by atoms with E-state index in [9.17, 15) is 0 Å². The van der Waals surface area contributed by atoms with Gasteiger partial charge in [0.2, 0.25) is 5.79 Å². The highest BCUT2D eigenvalue weighted by Gasteiger charge is 2.61. The van der Waals surface area contributed by atoms with Crippen molar-refractivity contribution in [1.82, 2.24) is 0 Å². The Balaban J connectivity index is 2.23. The van der Waals surface area contributed by atoms with Crippen LogP contribution in [0.15, 0.2) is 0 Å². The molecule has 0 aromatic carbocycles. The van der Waals surface area contributed by atoms with Crippen LogP contribution in [-0.2, 0) is 14.4 Å². The number of hydrogen-bond acceptors (Lipinski definition) is 4. The van der Waals surface area contributed by atoms with Gasteiger partial charge < -0.3 is 9.47 Å². The lowest BCUT2D eigenvalue weighted by atomic mass is 9.91. The van der Waals surface area contributed by atoms with Crippen LogP contribution in [0, 0.1) is 11.8 Å². The average Bonchev–Trinajstić information content (AvgIpc) is 2.79. The number of rotatable bonds is 4. The van der Waals surface area contributed by atoms with E-state index < -0.39 is 18.9 Å². The van der Waals surface area contributed by atoms with Crippen molar-refractivity contribution < 1.29 is 23.7 Å². The van der Waals surface area contributed by atoms with Crippen LogP contribution in [0.25, 0.3) is 1.43 Å². The molecule has 4 nitrogen and oxygen atoms in total. The van der Waals surface area contributed by atoms with Crippen molar-refractivity contribution in [2.75, 3.05) is 14.1 Å². The van der Waals surface area contributed by atoms with Crippen molar-refractivity contribution in [2.24, 2.45) is 11.8 Å². The Morgan fingerprint density at radius 1 is 1.54 bits per heavy atom. The van der Waals surface area contributed by atoms with Gasteiger partial charge in [-0.3, -0.25) is 5.26 Å². The number of fused-ring (bicyclic) bond motifs is 2. The molecule has 0 aliphatic heterocycles. The third kappa shape index (κ3) is 1.06. The summed E-state index contributed by atoms with van der Waals surface area (Å²) in [6, 6.07) is 0. The van der Waals surface area contributed by atoms with E-state index in [1.807, 2.05) is 0 Å². The summed E-state index contributed by atoms with van der Waals surface area (Å²) in [6.45, 7) is 0. The van der Waals surface area contributed by atoms with Crippen molar-refractivity contribution in [3.63, 3.8) is 0 Å². The van der Waals surface area contributed by atoms with Crippen LogP contribution in [0.2, 0.25) is 0 Å². The topological polar surface area (TPSA) is 47.9 Å². The molecule has 2 saturated carbocycles. The SMILES string of the molecule is [2H]OO[C@@H]1[C@H]2CC[C@H](C2)[C@]1(OC)OC([2H])([2H])[2H]. The summed E-state index contributed by atoms with van der Waals surface area (Å²) in [4.78, 5) is 4.86. The zero-order chi connectivity index (χ0) is 12.7. The molecule has 76 valence electrons. The molecular formula is C9H16O4. The molecule has 0 heterocycles. The van der Waals surface area contributed by atoms with Crippen molar-refractivity contribution in [3.05, 3.63) is 0 Å². The molecule has 4 atom stereocenters. The number of methoxy groups -OCH3 is 2. The van der Waals surface area contributed by atoms with Gasteiger partial charge in [0.05, 0.1) is 4.11 Å². The van der Waals surface area contributed by atoms with E-state index in [0.29, 0.717) is 0 Å². The zero-order valence-corrected chi connectivity index (χ0v) is 7.49. The molecule has 0 unspecified atom stereocenters. The molecule has 0 aromatic rings. The Labute approximate surface area is 83.4 Å². The van der Waals surface area contributed by atoms with Gasteiger partial charge in [0, 0.05) is 20.1 Å². The van der Waals surface area contributed by atoms with E-state index in [0.717, 1.165) is 19.3 Å². The Hall–Kier alpha value is -0.160. The Kier molecular flexibility index (Phi) is 1.39. The molecule has 0 radical (unpaired) electrons. The fourth-order valence-electron chi connectivity index (χ4n) is 2.83. The van der Waals surface area contributed by atoms with Gasteiger partial charge in [-0.1, -0.05) is 0 Å². The Morgan fingerprint density at radius 2 is 2.46 bits per heavy atom. The molecule has 2 fully saturated rings. The lowest BCUT2D eigenvalue weighted by molar-refractivity contribution is -0.377. The maximum absolute atomic E-state index is 7.22. The second kappa shape index (κ2) is 3.20. The summed E-state index contributed by atoms with van der Waals surface area (Å²) in [5, 5.41) is 3.96. The summed E-state index contributed by atoms with van der Waals surface area (Å²) in [5.74, 6) is -1.24. The first-order valence-electron chi connectivity index (χ1n) is 6.37. The molecule has 0 amide bonds. The molecule has 2 bridgehead atoms. The third-order valence-electron chi connectivity index (χ3n) is 3.45. The molecule has 1 N–H and O–H groups in total. The first-order valence-corrected chi connectivity index (χ1v) is 4.47. The zero-order valence-electron chi connectivity index (χ0n) is 11.5. The van der Waals surface area contributed by atoms with Gasteiger partial charge in [-0.25, -0.2) is 4.89 Å². The second-order valence-electron chi connectivity index (χ2n) is 3.81. The highest BCUT2D eigenvalue weighted by atomic mass is 17.1. The van der Waals surface area contributed by atoms with Crippen molar-refractivity contribution in [1.29, 1.82) is 1.43 Å². The van der Waals surface area contributed by atoms with E-state index in [1.165, 1.54) is 7.11 Å². The first-order chi connectivity index (χ1) is 7.93. The average molecular weight is 192 g/mol. The standard InChI is InChI=1S/C9H16O4/c1-11-9(12-2)7-4-3-6(5-7)8(9)13-10/h6-8,10H,3-5H2,1-2H3/t6-,7+,8+/m0/s1/i1D3/hD/t6-,7+,8+,9+. The van der Waals surface area contributed by atoms with Crippen LogP contribution in [-0.4, -0.2) is 31.3 Å². The predicted molar refractivity (Wildman–Crippen MR) is 45.1 cm³/mol. The number of ether oxygens (including phenoxy) is 2. The fraction of sp³-hybridized carbons (Fsp3) is 1.00. The maximum atomic E-state index is 7.22. The first kappa shape index (κ1) is 5.66. The van der Waals surface area contributed by atoms with E-state index in [1.54, 1.807) is 0 Å². The molecule has 0 saturated heterocycles. The Morgan fingerprint density at radius 3 is 3.15 bits per heavy atom. The lowest BCUT2D eigenvalue weighted by Crippen LogP contribution is -2.51. The lowest BCUT2D eigenvalue weighted by Gasteiger charge is -2.39. The van der Waals surface area contributed by atoms with Gasteiger partial charge in [-0.15, -0.1) is 0 Å². The smallest absolute Gasteiger partial charge is 0.255 e. The van der Waals surface area contributed by atoms with Crippen LogP contribution in [0.4, 0.5) is 0 Å². The summed E-state index contributed by atoms with van der Waals surface area (Å²) < 4.78 is 38.7. The van der Waals surface area contributed by atoms with Crippen LogP contribution in [0.1, 0.15) is 23.4 Å². The summed E-state index contributed by atoms with van der Waals surface area (Å²) >= 11 is 0. The minimum Gasteiger partial charge on any atom is -0.351 e. The van der Waals surface area contributed by atoms with Gasteiger partial charge >= 0.3 is 0 Å². The van der Waals surface area contributed by atoms with Crippen molar-refractivity contribution >= 4 is 0 Å². The van der Waals surface area contributed by atoms with E-state index in [-0.39, 0.29) is 11.8 Å². The second-order valence-corrected chi connectivity index (χ2v) is 3.81. The molecule has 2 aliphatic rings. The fourth-order valence-corrected chi connectivity index (χ4v) is 2.83.